The van der Waals surface area contributed by atoms with Crippen molar-refractivity contribution >= 4 is 21.9 Å². The third-order valence-corrected chi connectivity index (χ3v) is 3.43. The van der Waals surface area contributed by atoms with Crippen LogP contribution in [0.2, 0.25) is 0 Å². The van der Waals surface area contributed by atoms with Gasteiger partial charge in [-0.1, -0.05) is 30.3 Å². The molecule has 0 spiro atoms. The smallest absolute Gasteiger partial charge is 0.315 e. The fourth-order valence-corrected chi connectivity index (χ4v) is 2.43. The van der Waals surface area contributed by atoms with E-state index in [4.69, 9.17) is 14.7 Å². The molecule has 4 nitrogen and oxygen atoms in total. The molecule has 0 aromatic heterocycles. The summed E-state index contributed by atoms with van der Waals surface area (Å²) in [6.07, 6.45) is 0.166. The Hall–Kier alpha value is -2.32. The van der Waals surface area contributed by atoms with Crippen LogP contribution in [0.3, 0.4) is 0 Å². The molecule has 0 aliphatic rings. The Morgan fingerprint density at radius 3 is 2.64 bits per heavy atom. The zero-order valence-electron chi connectivity index (χ0n) is 12.0. The minimum Gasteiger partial charge on any atom is -0.490 e. The van der Waals surface area contributed by atoms with E-state index in [0.717, 1.165) is 5.56 Å². The van der Waals surface area contributed by atoms with Gasteiger partial charge in [0.25, 0.3) is 0 Å². The molecule has 22 heavy (non-hydrogen) atoms. The molecule has 0 unspecified atom stereocenters. The summed E-state index contributed by atoms with van der Waals surface area (Å²) >= 11 is 3.31. The third kappa shape index (κ3) is 4.09. The van der Waals surface area contributed by atoms with Gasteiger partial charge in [0.1, 0.15) is 0 Å². The van der Waals surface area contributed by atoms with Crippen molar-refractivity contribution < 1.29 is 14.3 Å². The molecule has 0 atom stereocenters. The monoisotopic (exact) mass is 359 g/mol. The van der Waals surface area contributed by atoms with Gasteiger partial charge >= 0.3 is 5.97 Å². The van der Waals surface area contributed by atoms with Crippen LogP contribution in [0.15, 0.2) is 46.9 Å². The Labute approximate surface area is 137 Å². The van der Waals surface area contributed by atoms with Crippen LogP contribution in [0, 0.1) is 11.3 Å². The van der Waals surface area contributed by atoms with E-state index < -0.39 is 5.97 Å². The fourth-order valence-electron chi connectivity index (χ4n) is 1.91. The minimum atomic E-state index is -0.391. The second-order valence-electron chi connectivity index (χ2n) is 4.47. The molecule has 5 heteroatoms. The number of benzene rings is 2. The van der Waals surface area contributed by atoms with Crippen LogP contribution in [0.5, 0.6) is 11.5 Å². The van der Waals surface area contributed by atoms with E-state index in [-0.39, 0.29) is 6.42 Å². The number of carbonyl (C=O) groups excluding carboxylic acids is 1. The molecule has 0 radical (unpaired) electrons. The highest BCUT2D eigenvalue weighted by atomic mass is 79.9. The lowest BCUT2D eigenvalue weighted by Gasteiger charge is -2.12. The molecule has 0 aliphatic carbocycles. The van der Waals surface area contributed by atoms with Crippen LogP contribution in [0.4, 0.5) is 0 Å². The Bertz CT molecular complexity index is 708. The molecule has 112 valence electrons. The van der Waals surface area contributed by atoms with E-state index in [1.165, 1.54) is 0 Å². The molecule has 2 rings (SSSR count). The lowest BCUT2D eigenvalue weighted by Crippen LogP contribution is -2.12. The van der Waals surface area contributed by atoms with E-state index in [0.29, 0.717) is 28.1 Å². The van der Waals surface area contributed by atoms with Gasteiger partial charge in [0.15, 0.2) is 11.5 Å². The molecule has 0 N–H and O–H groups in total. The van der Waals surface area contributed by atoms with E-state index in [9.17, 15) is 4.79 Å². The Kier molecular flexibility index (Phi) is 5.56. The van der Waals surface area contributed by atoms with Crippen LogP contribution in [-0.4, -0.2) is 12.6 Å². The number of hydrogen-bond donors (Lipinski definition) is 0. The molecule has 0 saturated carbocycles. The predicted molar refractivity (Wildman–Crippen MR) is 85.8 cm³/mol. The predicted octanol–water partition coefficient (Wildman–Crippen LogP) is 3.87. The standard InChI is InChI=1S/C17H14BrNO3/c1-2-21-15-9-13(11-19)8-14(18)17(15)22-16(20)10-12-6-4-3-5-7-12/h3-9H,2,10H2,1H3. The summed E-state index contributed by atoms with van der Waals surface area (Å²) in [5.74, 6) is 0.272. The van der Waals surface area contributed by atoms with Crippen LogP contribution in [0.25, 0.3) is 0 Å². The van der Waals surface area contributed by atoms with E-state index >= 15 is 0 Å². The number of nitriles is 1. The SMILES string of the molecule is CCOc1cc(C#N)cc(Br)c1OC(=O)Cc1ccccc1. The van der Waals surface area contributed by atoms with Gasteiger partial charge < -0.3 is 9.47 Å². The van der Waals surface area contributed by atoms with Gasteiger partial charge in [0.2, 0.25) is 0 Å². The summed E-state index contributed by atoms with van der Waals surface area (Å²) in [5, 5.41) is 8.99. The molecule has 2 aromatic rings. The van der Waals surface area contributed by atoms with Crippen LogP contribution in [0.1, 0.15) is 18.1 Å². The molecular weight excluding hydrogens is 346 g/mol. The lowest BCUT2D eigenvalue weighted by atomic mass is 10.1. The van der Waals surface area contributed by atoms with E-state index in [1.807, 2.05) is 43.3 Å². The first-order valence-electron chi connectivity index (χ1n) is 6.75. The fraction of sp³-hybridized carbons (Fsp3) is 0.176. The highest BCUT2D eigenvalue weighted by molar-refractivity contribution is 9.10. The van der Waals surface area contributed by atoms with Crippen molar-refractivity contribution in [1.29, 1.82) is 5.26 Å². The van der Waals surface area contributed by atoms with Crippen LogP contribution < -0.4 is 9.47 Å². The summed E-state index contributed by atoms with van der Waals surface area (Å²) in [7, 11) is 0. The second-order valence-corrected chi connectivity index (χ2v) is 5.32. The highest BCUT2D eigenvalue weighted by Gasteiger charge is 2.16. The molecule has 0 fully saturated rings. The van der Waals surface area contributed by atoms with E-state index in [1.54, 1.807) is 12.1 Å². The summed E-state index contributed by atoms with van der Waals surface area (Å²) in [6, 6.07) is 14.5. The number of ether oxygens (including phenoxy) is 2. The number of halogens is 1. The topological polar surface area (TPSA) is 59.3 Å². The molecular formula is C17H14BrNO3. The molecule has 2 aromatic carbocycles. The second kappa shape index (κ2) is 7.62. The Morgan fingerprint density at radius 1 is 1.27 bits per heavy atom. The summed E-state index contributed by atoms with van der Waals surface area (Å²) < 4.78 is 11.4. The maximum absolute atomic E-state index is 12.1. The van der Waals surface area contributed by atoms with Gasteiger partial charge in [-0.05, 0) is 34.5 Å². The van der Waals surface area contributed by atoms with Crippen molar-refractivity contribution in [2.45, 2.75) is 13.3 Å². The molecule has 0 saturated heterocycles. The van der Waals surface area contributed by atoms with Gasteiger partial charge in [-0.2, -0.15) is 5.26 Å². The number of carbonyl (C=O) groups is 1. The number of nitrogens with zero attached hydrogens (tertiary/aromatic N) is 1. The number of hydrogen-bond acceptors (Lipinski definition) is 4. The zero-order valence-corrected chi connectivity index (χ0v) is 13.6. The average molecular weight is 360 g/mol. The van der Waals surface area contributed by atoms with E-state index in [2.05, 4.69) is 15.9 Å². The third-order valence-electron chi connectivity index (χ3n) is 2.85. The summed E-state index contributed by atoms with van der Waals surface area (Å²) in [4.78, 5) is 12.1. The summed E-state index contributed by atoms with van der Waals surface area (Å²) in [6.45, 7) is 2.23. The largest absolute Gasteiger partial charge is 0.490 e. The molecule has 0 bridgehead atoms. The van der Waals surface area contributed by atoms with Gasteiger partial charge in [-0.3, -0.25) is 4.79 Å². The maximum Gasteiger partial charge on any atom is 0.315 e. The van der Waals surface area contributed by atoms with Crippen LogP contribution in [-0.2, 0) is 11.2 Å². The Morgan fingerprint density at radius 2 is 2.00 bits per heavy atom. The maximum atomic E-state index is 12.1. The number of rotatable bonds is 5. The van der Waals surface area contributed by atoms with Crippen molar-refractivity contribution in [3.8, 4) is 17.6 Å². The first kappa shape index (κ1) is 16.1. The quantitative estimate of drug-likeness (QED) is 0.600. The first-order valence-corrected chi connectivity index (χ1v) is 7.54. The van der Waals surface area contributed by atoms with Gasteiger partial charge in [0, 0.05) is 6.07 Å². The van der Waals surface area contributed by atoms with Gasteiger partial charge in [-0.15, -0.1) is 0 Å². The minimum absolute atomic E-state index is 0.166. The number of esters is 1. The van der Waals surface area contributed by atoms with Crippen molar-refractivity contribution in [3.05, 3.63) is 58.1 Å². The summed E-state index contributed by atoms with van der Waals surface area (Å²) in [5.41, 5.74) is 1.30. The van der Waals surface area contributed by atoms with Crippen LogP contribution >= 0.6 is 15.9 Å². The normalized spacial score (nSPS) is 9.86. The highest BCUT2D eigenvalue weighted by Crippen LogP contribution is 2.37. The molecule has 0 aliphatic heterocycles. The lowest BCUT2D eigenvalue weighted by molar-refractivity contribution is -0.133. The molecule has 0 amide bonds. The van der Waals surface area contributed by atoms with Crippen molar-refractivity contribution in [2.24, 2.45) is 0 Å². The van der Waals surface area contributed by atoms with Crippen molar-refractivity contribution in [1.82, 2.24) is 0 Å². The van der Waals surface area contributed by atoms with Gasteiger partial charge in [0.05, 0.1) is 29.1 Å². The Balaban J connectivity index is 2.21. The van der Waals surface area contributed by atoms with Crippen molar-refractivity contribution in [2.75, 3.05) is 6.61 Å². The zero-order chi connectivity index (χ0) is 15.9. The van der Waals surface area contributed by atoms with Crippen molar-refractivity contribution in [3.63, 3.8) is 0 Å². The molecule has 0 heterocycles. The first-order chi connectivity index (χ1) is 10.6. The van der Waals surface area contributed by atoms with Gasteiger partial charge in [-0.25, -0.2) is 0 Å². The average Bonchev–Trinajstić information content (AvgIpc) is 2.51.